The first-order valence-corrected chi connectivity index (χ1v) is 12.6. The van der Waals surface area contributed by atoms with Gasteiger partial charge in [-0.25, -0.2) is 0 Å². The molecule has 0 saturated heterocycles. The molecule has 0 aromatic heterocycles. The molecule has 4 heteroatoms. The zero-order valence-electron chi connectivity index (χ0n) is 19.4. The van der Waals surface area contributed by atoms with Crippen LogP contribution in [0.15, 0.2) is 0 Å². The van der Waals surface area contributed by atoms with E-state index in [1.54, 1.807) is 0 Å². The van der Waals surface area contributed by atoms with Gasteiger partial charge in [0.15, 0.2) is 0 Å². The molecule has 0 radical (unpaired) electrons. The third-order valence-corrected chi connectivity index (χ3v) is 10.7. The van der Waals surface area contributed by atoms with E-state index in [4.69, 9.17) is 5.11 Å². The van der Waals surface area contributed by atoms with Gasteiger partial charge in [-0.3, -0.25) is 9.59 Å². The number of aliphatic carboxylic acids is 1. The Morgan fingerprint density at radius 1 is 1.07 bits per heavy atom. The van der Waals surface area contributed by atoms with Crippen LogP contribution in [-0.4, -0.2) is 28.1 Å². The first-order chi connectivity index (χ1) is 14.1. The molecule has 5 unspecified atom stereocenters. The molecule has 4 aliphatic carbocycles. The first kappa shape index (κ1) is 22.3. The van der Waals surface area contributed by atoms with Crippen molar-refractivity contribution >= 4 is 11.8 Å². The van der Waals surface area contributed by atoms with E-state index in [9.17, 15) is 14.7 Å². The lowest BCUT2D eigenvalue weighted by atomic mass is 9.42. The van der Waals surface area contributed by atoms with Gasteiger partial charge in [0, 0.05) is 18.3 Å². The van der Waals surface area contributed by atoms with Crippen LogP contribution in [0.5, 0.6) is 0 Å². The largest absolute Gasteiger partial charge is 0.481 e. The molecular weight excluding hydrogens is 376 g/mol. The number of fused-ring (bicyclic) bond motifs is 5. The Hall–Kier alpha value is -0.900. The Balaban J connectivity index is 1.62. The zero-order valence-corrected chi connectivity index (χ0v) is 19.4. The summed E-state index contributed by atoms with van der Waals surface area (Å²) in [4.78, 5) is 25.0. The number of hydrogen-bond donors (Lipinski definition) is 2. The third-order valence-electron chi connectivity index (χ3n) is 10.7. The Morgan fingerprint density at radius 2 is 1.73 bits per heavy atom. The van der Waals surface area contributed by atoms with E-state index >= 15 is 0 Å². The topological polar surface area (TPSA) is 74.6 Å². The summed E-state index contributed by atoms with van der Waals surface area (Å²) in [5.74, 6) is 2.31. The molecule has 4 saturated carbocycles. The quantitative estimate of drug-likeness (QED) is 0.633. The van der Waals surface area contributed by atoms with Crippen LogP contribution < -0.4 is 0 Å². The maximum absolute atomic E-state index is 13.9. The highest BCUT2D eigenvalue weighted by atomic mass is 16.4. The summed E-state index contributed by atoms with van der Waals surface area (Å²) in [6.45, 7) is 9.28. The number of rotatable bonds is 5. The minimum Gasteiger partial charge on any atom is -0.481 e. The van der Waals surface area contributed by atoms with E-state index in [2.05, 4.69) is 27.7 Å². The van der Waals surface area contributed by atoms with Crippen molar-refractivity contribution in [2.24, 2.45) is 52.3 Å². The average molecular weight is 419 g/mol. The van der Waals surface area contributed by atoms with Crippen molar-refractivity contribution in [2.45, 2.75) is 98.0 Å². The smallest absolute Gasteiger partial charge is 0.303 e. The minimum atomic E-state index is -0.697. The number of aliphatic hydroxyl groups excluding tert-OH is 1. The second-order valence-electron chi connectivity index (χ2n) is 11.8. The molecular formula is C26H42O4. The molecule has 2 N–H and O–H groups in total. The maximum Gasteiger partial charge on any atom is 0.303 e. The van der Waals surface area contributed by atoms with Crippen molar-refractivity contribution in [2.75, 3.05) is 0 Å². The SMILES string of the molecule is CC[C@H]1C(=O)C2C3CCC([C@H](C)CCC(=O)O)[C@@]3(C)CCC2[C@@]2(C)CC[C@@H](O)CC12. The summed E-state index contributed by atoms with van der Waals surface area (Å²) >= 11 is 0. The molecule has 30 heavy (non-hydrogen) atoms. The Labute approximate surface area is 182 Å². The molecule has 4 nitrogen and oxygen atoms in total. The molecule has 0 aliphatic heterocycles. The number of aliphatic hydroxyl groups is 1. The van der Waals surface area contributed by atoms with Crippen LogP contribution in [0.25, 0.3) is 0 Å². The van der Waals surface area contributed by atoms with Crippen LogP contribution >= 0.6 is 0 Å². The minimum absolute atomic E-state index is 0.108. The molecule has 0 amide bonds. The van der Waals surface area contributed by atoms with Gasteiger partial charge >= 0.3 is 5.97 Å². The highest BCUT2D eigenvalue weighted by molar-refractivity contribution is 5.86. The average Bonchev–Trinajstić information content (AvgIpc) is 3.05. The summed E-state index contributed by atoms with van der Waals surface area (Å²) in [7, 11) is 0. The fraction of sp³-hybridized carbons (Fsp3) is 0.923. The van der Waals surface area contributed by atoms with Crippen LogP contribution in [0.1, 0.15) is 91.9 Å². The van der Waals surface area contributed by atoms with Crippen LogP contribution in [0.3, 0.4) is 0 Å². The number of carboxylic acid groups (broad SMARTS) is 1. The highest BCUT2D eigenvalue weighted by Crippen LogP contribution is 2.68. The molecule has 4 rings (SSSR count). The van der Waals surface area contributed by atoms with Crippen molar-refractivity contribution in [3.05, 3.63) is 0 Å². The maximum atomic E-state index is 13.9. The van der Waals surface area contributed by atoms with E-state index in [0.29, 0.717) is 35.4 Å². The lowest BCUT2D eigenvalue weighted by Crippen LogP contribution is -2.60. The van der Waals surface area contributed by atoms with Gasteiger partial charge in [-0.05, 0) is 98.2 Å². The van der Waals surface area contributed by atoms with Crippen LogP contribution in [0.2, 0.25) is 0 Å². The molecule has 0 bridgehead atoms. The second-order valence-corrected chi connectivity index (χ2v) is 11.8. The predicted octanol–water partition coefficient (Wildman–Crippen LogP) is 5.32. The van der Waals surface area contributed by atoms with Gasteiger partial charge in [0.25, 0.3) is 0 Å². The summed E-state index contributed by atoms with van der Waals surface area (Å²) in [6, 6.07) is 0. The van der Waals surface area contributed by atoms with Gasteiger partial charge in [-0.15, -0.1) is 0 Å². The fourth-order valence-electron chi connectivity index (χ4n) is 9.16. The normalized spacial score (nSPS) is 49.1. The van der Waals surface area contributed by atoms with Crippen molar-refractivity contribution in [3.63, 3.8) is 0 Å². The van der Waals surface area contributed by atoms with Crippen LogP contribution in [0.4, 0.5) is 0 Å². The van der Waals surface area contributed by atoms with E-state index in [1.807, 2.05) is 0 Å². The van der Waals surface area contributed by atoms with Gasteiger partial charge < -0.3 is 10.2 Å². The van der Waals surface area contributed by atoms with E-state index in [1.165, 1.54) is 6.42 Å². The molecule has 4 aliphatic rings. The van der Waals surface area contributed by atoms with Crippen molar-refractivity contribution in [3.8, 4) is 0 Å². The lowest BCUT2D eigenvalue weighted by molar-refractivity contribution is -0.173. The number of carbonyl (C=O) groups is 2. The Morgan fingerprint density at radius 3 is 2.40 bits per heavy atom. The number of Topliss-reactive ketones (excluding diaryl/α,β-unsaturated/α-hetero) is 1. The van der Waals surface area contributed by atoms with Gasteiger partial charge in [0.2, 0.25) is 0 Å². The Bertz CT molecular complexity index is 689. The standard InChI is InChI=1S/C26H42O4/c1-5-17-21-14-16(27)10-12-26(21,4)20-11-13-25(3)18(15(2)6-9-22(28)29)7-8-19(25)23(20)24(17)30/h15-21,23,27H,5-14H2,1-4H3,(H,28,29)/t15-,16-,17-,18?,19?,20?,21?,23?,25-,26-/m1/s1. The third kappa shape index (κ3) is 3.27. The van der Waals surface area contributed by atoms with Gasteiger partial charge in [0.1, 0.15) is 5.78 Å². The fourth-order valence-corrected chi connectivity index (χ4v) is 9.16. The number of ketones is 1. The summed E-state index contributed by atoms with van der Waals surface area (Å²) < 4.78 is 0. The molecule has 0 heterocycles. The molecule has 0 aromatic carbocycles. The first-order valence-electron chi connectivity index (χ1n) is 12.6. The number of carboxylic acids is 1. The lowest BCUT2D eigenvalue weighted by Gasteiger charge is -2.62. The van der Waals surface area contributed by atoms with Crippen molar-refractivity contribution in [1.29, 1.82) is 0 Å². The zero-order chi connectivity index (χ0) is 21.8. The van der Waals surface area contributed by atoms with Crippen molar-refractivity contribution in [1.82, 2.24) is 0 Å². The van der Waals surface area contributed by atoms with E-state index in [-0.39, 0.29) is 35.2 Å². The van der Waals surface area contributed by atoms with Gasteiger partial charge in [-0.1, -0.05) is 27.7 Å². The second kappa shape index (κ2) is 7.90. The molecule has 0 spiro atoms. The van der Waals surface area contributed by atoms with E-state index in [0.717, 1.165) is 51.4 Å². The van der Waals surface area contributed by atoms with Gasteiger partial charge in [0.05, 0.1) is 6.10 Å². The van der Waals surface area contributed by atoms with Crippen LogP contribution in [0, 0.1) is 52.3 Å². The summed E-state index contributed by atoms with van der Waals surface area (Å²) in [5.41, 5.74) is 0.358. The monoisotopic (exact) mass is 418 g/mol. The Kier molecular flexibility index (Phi) is 5.87. The molecule has 4 fully saturated rings. The molecule has 0 aromatic rings. The predicted molar refractivity (Wildman–Crippen MR) is 117 cm³/mol. The number of carbonyl (C=O) groups excluding carboxylic acids is 1. The highest BCUT2D eigenvalue weighted by Gasteiger charge is 2.65. The van der Waals surface area contributed by atoms with E-state index < -0.39 is 5.97 Å². The van der Waals surface area contributed by atoms with Gasteiger partial charge in [-0.2, -0.15) is 0 Å². The molecule has 10 atom stereocenters. The molecule has 170 valence electrons. The van der Waals surface area contributed by atoms with Crippen molar-refractivity contribution < 1.29 is 19.8 Å². The summed E-state index contributed by atoms with van der Waals surface area (Å²) in [5, 5.41) is 19.5. The van der Waals surface area contributed by atoms with Crippen LogP contribution in [-0.2, 0) is 9.59 Å². The summed E-state index contributed by atoms with van der Waals surface area (Å²) in [6.07, 6.45) is 9.01. The number of hydrogen-bond acceptors (Lipinski definition) is 3.